The van der Waals surface area contributed by atoms with Crippen molar-refractivity contribution in [2.24, 2.45) is 0 Å². The van der Waals surface area contributed by atoms with Crippen LogP contribution >= 0.6 is 11.3 Å². The summed E-state index contributed by atoms with van der Waals surface area (Å²) in [6.07, 6.45) is 2.32. The molecule has 0 saturated heterocycles. The molecule has 1 aliphatic carbocycles. The van der Waals surface area contributed by atoms with Crippen molar-refractivity contribution in [2.45, 2.75) is 26.2 Å². The Morgan fingerprint density at radius 2 is 2.29 bits per heavy atom. The van der Waals surface area contributed by atoms with E-state index in [1.54, 1.807) is 0 Å². The monoisotopic (exact) mass is 210 g/mol. The largest absolute Gasteiger partial charge is 0.302 e. The third-order valence-corrected chi connectivity index (χ3v) is 3.11. The number of amides is 1. The summed E-state index contributed by atoms with van der Waals surface area (Å²) in [7, 11) is 0. The maximum atomic E-state index is 11.4. The molecule has 1 N–H and O–H groups in total. The molecule has 0 spiro atoms. The lowest BCUT2D eigenvalue weighted by Crippen LogP contribution is -2.08. The van der Waals surface area contributed by atoms with Crippen LogP contribution in [0.4, 0.5) is 5.13 Å². The Labute approximate surface area is 85.3 Å². The van der Waals surface area contributed by atoms with Crippen molar-refractivity contribution in [1.29, 1.82) is 0 Å². The van der Waals surface area contributed by atoms with Gasteiger partial charge in [-0.3, -0.25) is 9.59 Å². The van der Waals surface area contributed by atoms with E-state index in [1.807, 2.05) is 0 Å². The first-order valence-corrected chi connectivity index (χ1v) is 5.29. The van der Waals surface area contributed by atoms with Crippen molar-refractivity contribution in [3.05, 3.63) is 10.6 Å². The molecule has 1 amide bonds. The predicted octanol–water partition coefficient (Wildman–Crippen LogP) is 1.62. The molecule has 1 heterocycles. The van der Waals surface area contributed by atoms with Gasteiger partial charge in [0.25, 0.3) is 0 Å². The van der Waals surface area contributed by atoms with E-state index in [2.05, 4.69) is 10.3 Å². The molecule has 0 atom stereocenters. The Bertz CT molecular complexity index is 398. The number of ketones is 1. The standard InChI is InChI=1S/C9H10N2O2S/c1-5(12)10-9-11-6-3-2-4-7(13)8(6)14-9/h2-4H2,1H3,(H,10,11,12). The molecule has 0 unspecified atom stereocenters. The highest BCUT2D eigenvalue weighted by Gasteiger charge is 2.22. The Morgan fingerprint density at radius 1 is 1.50 bits per heavy atom. The second-order valence-electron chi connectivity index (χ2n) is 3.25. The molecule has 5 heteroatoms. The zero-order valence-electron chi connectivity index (χ0n) is 7.79. The highest BCUT2D eigenvalue weighted by Crippen LogP contribution is 2.29. The lowest BCUT2D eigenvalue weighted by atomic mass is 10.0. The van der Waals surface area contributed by atoms with Crippen LogP contribution in [0.25, 0.3) is 0 Å². The fourth-order valence-electron chi connectivity index (χ4n) is 1.47. The summed E-state index contributed by atoms with van der Waals surface area (Å²) in [6.45, 7) is 1.43. The number of hydrogen-bond donors (Lipinski definition) is 1. The maximum Gasteiger partial charge on any atom is 0.223 e. The number of nitrogens with one attached hydrogen (secondary N) is 1. The molecule has 0 radical (unpaired) electrons. The van der Waals surface area contributed by atoms with Crippen LogP contribution in [0, 0.1) is 0 Å². The molecule has 0 saturated carbocycles. The summed E-state index contributed by atoms with van der Waals surface area (Å²) in [5.41, 5.74) is 0.843. The van der Waals surface area contributed by atoms with Crippen LogP contribution in [-0.4, -0.2) is 16.7 Å². The molecule has 0 aliphatic heterocycles. The van der Waals surface area contributed by atoms with Crippen molar-refractivity contribution < 1.29 is 9.59 Å². The van der Waals surface area contributed by atoms with E-state index in [1.165, 1.54) is 18.3 Å². The average molecular weight is 210 g/mol. The summed E-state index contributed by atoms with van der Waals surface area (Å²) in [5, 5.41) is 3.14. The van der Waals surface area contributed by atoms with Gasteiger partial charge in [0.05, 0.1) is 10.6 Å². The van der Waals surface area contributed by atoms with Crippen LogP contribution in [0.15, 0.2) is 0 Å². The zero-order valence-corrected chi connectivity index (χ0v) is 8.61. The Balaban J connectivity index is 2.30. The fraction of sp³-hybridized carbons (Fsp3) is 0.444. The first kappa shape index (κ1) is 9.33. The van der Waals surface area contributed by atoms with Gasteiger partial charge in [0, 0.05) is 13.3 Å². The smallest absolute Gasteiger partial charge is 0.223 e. The summed E-state index contributed by atoms with van der Waals surface area (Å²) >= 11 is 1.28. The zero-order chi connectivity index (χ0) is 10.1. The molecule has 0 aromatic carbocycles. The number of nitrogens with zero attached hydrogens (tertiary/aromatic N) is 1. The van der Waals surface area contributed by atoms with Crippen LogP contribution in [-0.2, 0) is 11.2 Å². The maximum absolute atomic E-state index is 11.4. The van der Waals surface area contributed by atoms with Gasteiger partial charge in [-0.2, -0.15) is 0 Å². The molecular formula is C9H10N2O2S. The van der Waals surface area contributed by atoms with E-state index in [0.29, 0.717) is 11.6 Å². The number of carbonyl (C=O) groups excluding carboxylic acids is 2. The minimum Gasteiger partial charge on any atom is -0.302 e. The van der Waals surface area contributed by atoms with E-state index >= 15 is 0 Å². The van der Waals surface area contributed by atoms with Crippen LogP contribution < -0.4 is 5.32 Å². The average Bonchev–Trinajstić information content (AvgIpc) is 2.47. The lowest BCUT2D eigenvalue weighted by molar-refractivity contribution is -0.114. The van der Waals surface area contributed by atoms with Crippen LogP contribution in [0.3, 0.4) is 0 Å². The van der Waals surface area contributed by atoms with Gasteiger partial charge in [-0.25, -0.2) is 4.98 Å². The van der Waals surface area contributed by atoms with Gasteiger partial charge in [0.2, 0.25) is 5.91 Å². The highest BCUT2D eigenvalue weighted by atomic mass is 32.1. The van der Waals surface area contributed by atoms with Gasteiger partial charge >= 0.3 is 0 Å². The third-order valence-electron chi connectivity index (χ3n) is 2.05. The van der Waals surface area contributed by atoms with Gasteiger partial charge in [-0.05, 0) is 12.8 Å². The van der Waals surface area contributed by atoms with Crippen molar-refractivity contribution in [3.8, 4) is 0 Å². The van der Waals surface area contributed by atoms with Crippen LogP contribution in [0.1, 0.15) is 35.1 Å². The minimum absolute atomic E-state index is 0.149. The number of Topliss-reactive ketones (excluding diaryl/α,β-unsaturated/α-hetero) is 1. The predicted molar refractivity (Wildman–Crippen MR) is 53.7 cm³/mol. The van der Waals surface area contributed by atoms with Crippen molar-refractivity contribution >= 4 is 28.2 Å². The number of aromatic nitrogens is 1. The molecule has 0 fully saturated rings. The molecule has 1 aromatic rings. The summed E-state index contributed by atoms with van der Waals surface area (Å²) in [5.74, 6) is 0.00361. The van der Waals surface area contributed by atoms with Crippen LogP contribution in [0.2, 0.25) is 0 Å². The van der Waals surface area contributed by atoms with E-state index in [0.717, 1.165) is 23.4 Å². The van der Waals surface area contributed by atoms with Crippen LogP contribution in [0.5, 0.6) is 0 Å². The third kappa shape index (κ3) is 1.68. The SMILES string of the molecule is CC(=O)Nc1nc2c(s1)C(=O)CCC2. The number of hydrogen-bond acceptors (Lipinski definition) is 4. The number of carbonyl (C=O) groups is 2. The van der Waals surface area contributed by atoms with E-state index in [9.17, 15) is 9.59 Å². The second kappa shape index (κ2) is 3.49. The number of thiazole rings is 1. The first-order chi connectivity index (χ1) is 6.66. The number of aryl methyl sites for hydroxylation is 1. The molecule has 74 valence electrons. The molecule has 2 rings (SSSR count). The van der Waals surface area contributed by atoms with E-state index in [-0.39, 0.29) is 11.7 Å². The number of rotatable bonds is 1. The van der Waals surface area contributed by atoms with E-state index in [4.69, 9.17) is 0 Å². The summed E-state index contributed by atoms with van der Waals surface area (Å²) in [4.78, 5) is 27.1. The summed E-state index contributed by atoms with van der Waals surface area (Å²) < 4.78 is 0. The Hall–Kier alpha value is -1.23. The van der Waals surface area contributed by atoms with Crippen molar-refractivity contribution in [2.75, 3.05) is 5.32 Å². The Kier molecular flexibility index (Phi) is 2.33. The highest BCUT2D eigenvalue weighted by molar-refractivity contribution is 7.17. The normalized spacial score (nSPS) is 15.1. The second-order valence-corrected chi connectivity index (χ2v) is 4.25. The number of anilines is 1. The van der Waals surface area contributed by atoms with Crippen molar-refractivity contribution in [1.82, 2.24) is 4.98 Å². The molecule has 1 aromatic heterocycles. The molecule has 1 aliphatic rings. The van der Waals surface area contributed by atoms with E-state index < -0.39 is 0 Å². The molecular weight excluding hydrogens is 200 g/mol. The van der Waals surface area contributed by atoms with Gasteiger partial charge in [-0.1, -0.05) is 11.3 Å². The lowest BCUT2D eigenvalue weighted by Gasteiger charge is -2.05. The molecule has 14 heavy (non-hydrogen) atoms. The van der Waals surface area contributed by atoms with Gasteiger partial charge in [-0.15, -0.1) is 0 Å². The first-order valence-electron chi connectivity index (χ1n) is 4.47. The molecule has 4 nitrogen and oxygen atoms in total. The van der Waals surface area contributed by atoms with Gasteiger partial charge in [0.1, 0.15) is 0 Å². The minimum atomic E-state index is -0.149. The quantitative estimate of drug-likeness (QED) is 0.766. The number of fused-ring (bicyclic) bond motifs is 1. The van der Waals surface area contributed by atoms with Crippen molar-refractivity contribution in [3.63, 3.8) is 0 Å². The Morgan fingerprint density at radius 3 is 2.93 bits per heavy atom. The van der Waals surface area contributed by atoms with Gasteiger partial charge in [0.15, 0.2) is 10.9 Å². The van der Waals surface area contributed by atoms with Gasteiger partial charge < -0.3 is 5.32 Å². The molecule has 0 bridgehead atoms. The summed E-state index contributed by atoms with van der Waals surface area (Å²) in [6, 6.07) is 0. The topological polar surface area (TPSA) is 59.1 Å². The fourth-order valence-corrected chi connectivity index (χ4v) is 2.50.